The van der Waals surface area contributed by atoms with Gasteiger partial charge in [0, 0.05) is 25.6 Å². The van der Waals surface area contributed by atoms with E-state index in [1.165, 1.54) is 0 Å². The average molecular weight is 304 g/mol. The number of hydrogen-bond donors (Lipinski definition) is 0. The third-order valence-electron chi connectivity index (χ3n) is 3.97. The van der Waals surface area contributed by atoms with Crippen LogP contribution in [0.15, 0.2) is 28.4 Å². The van der Waals surface area contributed by atoms with Gasteiger partial charge in [0.05, 0.1) is 11.0 Å². The molecule has 118 valence electrons. The minimum Gasteiger partial charge on any atom is -0.367 e. The molecule has 7 nitrogen and oxygen atoms in total. The summed E-state index contributed by atoms with van der Waals surface area (Å²) >= 11 is 0. The first-order valence-electron chi connectivity index (χ1n) is 7.44. The molecule has 1 aliphatic heterocycles. The topological polar surface area (TPSA) is 88.2 Å². The predicted molar refractivity (Wildman–Crippen MR) is 83.0 cm³/mol. The molecule has 0 aromatic heterocycles. The van der Waals surface area contributed by atoms with Crippen molar-refractivity contribution in [3.63, 3.8) is 0 Å². The highest BCUT2D eigenvalue weighted by Crippen LogP contribution is 2.37. The number of rotatable bonds is 5. The number of carbonyl (C=O) groups excluding carboxylic acids is 1. The van der Waals surface area contributed by atoms with Crippen LogP contribution in [0.3, 0.4) is 0 Å². The first kappa shape index (κ1) is 16.1. The van der Waals surface area contributed by atoms with Crippen LogP contribution >= 0.6 is 0 Å². The predicted octanol–water partition coefficient (Wildman–Crippen LogP) is 3.50. The van der Waals surface area contributed by atoms with Crippen LogP contribution in [0.25, 0.3) is 0 Å². The smallest absolute Gasteiger partial charge is 0.292 e. The quantitative estimate of drug-likeness (QED) is 0.615. The molecule has 2 atom stereocenters. The lowest BCUT2D eigenvalue weighted by atomic mass is 9.91. The van der Waals surface area contributed by atoms with Crippen molar-refractivity contribution < 1.29 is 9.72 Å². The van der Waals surface area contributed by atoms with Gasteiger partial charge in [-0.2, -0.15) is 5.11 Å². The Hall–Kier alpha value is -2.31. The summed E-state index contributed by atoms with van der Waals surface area (Å²) in [4.78, 5) is 24.2. The van der Waals surface area contributed by atoms with Gasteiger partial charge < -0.3 is 4.90 Å². The van der Waals surface area contributed by atoms with Gasteiger partial charge in [-0.05, 0) is 31.4 Å². The second-order valence-corrected chi connectivity index (χ2v) is 5.41. The molecule has 0 saturated carbocycles. The molecule has 7 heteroatoms. The van der Waals surface area contributed by atoms with Gasteiger partial charge in [0.15, 0.2) is 0 Å². The highest BCUT2D eigenvalue weighted by Gasteiger charge is 2.28. The van der Waals surface area contributed by atoms with Crippen LogP contribution in [0.2, 0.25) is 0 Å². The van der Waals surface area contributed by atoms with Crippen molar-refractivity contribution in [1.82, 2.24) is 0 Å². The lowest BCUT2D eigenvalue weighted by Crippen LogP contribution is -2.23. The van der Waals surface area contributed by atoms with E-state index in [0.29, 0.717) is 25.2 Å². The molecule has 1 amide bonds. The zero-order chi connectivity index (χ0) is 16.3. The molecule has 0 N–H and O–H groups in total. The van der Waals surface area contributed by atoms with Gasteiger partial charge in [-0.25, -0.2) is 0 Å². The van der Waals surface area contributed by atoms with Crippen LogP contribution in [-0.4, -0.2) is 23.9 Å². The Balaban J connectivity index is 2.43. The first-order valence-corrected chi connectivity index (χ1v) is 7.44. The van der Waals surface area contributed by atoms with Gasteiger partial charge in [0.25, 0.3) is 11.6 Å². The number of carbonyl (C=O) groups is 1. The molecule has 0 unspecified atom stereocenters. The molecule has 22 heavy (non-hydrogen) atoms. The Labute approximate surface area is 129 Å². The first-order chi connectivity index (χ1) is 10.5. The van der Waals surface area contributed by atoms with E-state index in [4.69, 9.17) is 0 Å². The van der Waals surface area contributed by atoms with Crippen molar-refractivity contribution in [1.29, 1.82) is 0 Å². The van der Waals surface area contributed by atoms with Gasteiger partial charge in [0.2, 0.25) is 0 Å². The van der Waals surface area contributed by atoms with Crippen molar-refractivity contribution in [2.24, 2.45) is 16.1 Å². The van der Waals surface area contributed by atoms with E-state index < -0.39 is 0 Å². The van der Waals surface area contributed by atoms with E-state index >= 15 is 0 Å². The Morgan fingerprint density at radius 3 is 2.59 bits per heavy atom. The van der Waals surface area contributed by atoms with E-state index in [9.17, 15) is 14.9 Å². The van der Waals surface area contributed by atoms with Crippen LogP contribution in [0.4, 0.5) is 11.4 Å². The van der Waals surface area contributed by atoms with Crippen LogP contribution in [0, 0.1) is 16.0 Å². The number of anilines is 1. The minimum absolute atomic E-state index is 0.0103. The molecule has 1 aliphatic rings. The van der Waals surface area contributed by atoms with Gasteiger partial charge in [-0.15, -0.1) is 5.11 Å². The maximum Gasteiger partial charge on any atom is 0.292 e. The van der Waals surface area contributed by atoms with Crippen molar-refractivity contribution in [3.05, 3.63) is 33.9 Å². The highest BCUT2D eigenvalue weighted by atomic mass is 16.6. The number of nitro groups is 1. The SMILES string of the molecule is CCN(CC)c1ccc([C@H]2N=NC(=O)C[C@H]2C)cc1[N+](=O)[O-]. The normalized spacial score (nSPS) is 21.0. The standard InChI is InChI=1S/C15H20N4O3/c1-4-18(5-2)12-7-6-11(9-13(12)19(21)22)15-10(3)8-14(20)16-17-15/h6-7,9-10,15H,4-5,8H2,1-3H3/t10-,15+/m1/s1. The van der Waals surface area contributed by atoms with Crippen molar-refractivity contribution in [2.45, 2.75) is 33.2 Å². The maximum atomic E-state index is 11.4. The van der Waals surface area contributed by atoms with E-state index in [0.717, 1.165) is 5.56 Å². The fraction of sp³-hybridized carbons (Fsp3) is 0.533. The summed E-state index contributed by atoms with van der Waals surface area (Å²) < 4.78 is 0. The van der Waals surface area contributed by atoms with Gasteiger partial charge >= 0.3 is 0 Å². The third-order valence-corrected chi connectivity index (χ3v) is 3.97. The van der Waals surface area contributed by atoms with E-state index in [2.05, 4.69) is 10.2 Å². The number of nitro benzene ring substituents is 1. The summed E-state index contributed by atoms with van der Waals surface area (Å²) in [5.41, 5.74) is 1.40. The largest absolute Gasteiger partial charge is 0.367 e. The van der Waals surface area contributed by atoms with Gasteiger partial charge in [-0.1, -0.05) is 13.0 Å². The molecule has 0 bridgehead atoms. The Kier molecular flexibility index (Phi) is 4.85. The molecule has 0 saturated heterocycles. The summed E-state index contributed by atoms with van der Waals surface area (Å²) in [6, 6.07) is 4.86. The fourth-order valence-corrected chi connectivity index (χ4v) is 2.77. The molecule has 1 heterocycles. The second-order valence-electron chi connectivity index (χ2n) is 5.41. The Morgan fingerprint density at radius 1 is 1.36 bits per heavy atom. The molecule has 0 spiro atoms. The van der Waals surface area contributed by atoms with E-state index in [-0.39, 0.29) is 28.5 Å². The summed E-state index contributed by atoms with van der Waals surface area (Å²) in [5.74, 6) is -0.248. The molecule has 0 aliphatic carbocycles. The minimum atomic E-state index is -0.368. The number of nitrogens with zero attached hydrogens (tertiary/aromatic N) is 4. The molecule has 0 fully saturated rings. The number of azo groups is 1. The van der Waals surface area contributed by atoms with E-state index in [1.54, 1.807) is 12.1 Å². The summed E-state index contributed by atoms with van der Waals surface area (Å²) in [7, 11) is 0. The Bertz CT molecular complexity index is 611. The second kappa shape index (κ2) is 6.64. The highest BCUT2D eigenvalue weighted by molar-refractivity contribution is 5.77. The van der Waals surface area contributed by atoms with Crippen LogP contribution in [-0.2, 0) is 4.79 Å². The lowest BCUT2D eigenvalue weighted by molar-refractivity contribution is -0.384. The summed E-state index contributed by atoms with van der Waals surface area (Å²) in [6.45, 7) is 7.23. The lowest BCUT2D eigenvalue weighted by Gasteiger charge is -2.24. The van der Waals surface area contributed by atoms with Crippen molar-refractivity contribution in [2.75, 3.05) is 18.0 Å². The molecule has 2 rings (SSSR count). The van der Waals surface area contributed by atoms with Crippen LogP contribution < -0.4 is 4.90 Å². The fourth-order valence-electron chi connectivity index (χ4n) is 2.77. The summed E-state index contributed by atoms with van der Waals surface area (Å²) in [5, 5.41) is 19.0. The van der Waals surface area contributed by atoms with Crippen molar-refractivity contribution in [3.8, 4) is 0 Å². The average Bonchev–Trinajstić information content (AvgIpc) is 2.49. The molecular weight excluding hydrogens is 284 g/mol. The third kappa shape index (κ3) is 3.13. The number of benzene rings is 1. The number of amides is 1. The zero-order valence-electron chi connectivity index (χ0n) is 13.0. The monoisotopic (exact) mass is 304 g/mol. The summed E-state index contributed by atoms with van der Waals surface area (Å²) in [6.07, 6.45) is 0.319. The number of hydrogen-bond acceptors (Lipinski definition) is 5. The molecule has 0 radical (unpaired) electrons. The molecular formula is C15H20N4O3. The van der Waals surface area contributed by atoms with Gasteiger partial charge in [-0.3, -0.25) is 14.9 Å². The molecule has 1 aromatic rings. The van der Waals surface area contributed by atoms with E-state index in [1.807, 2.05) is 31.7 Å². The zero-order valence-corrected chi connectivity index (χ0v) is 13.0. The van der Waals surface area contributed by atoms with Gasteiger partial charge in [0.1, 0.15) is 5.69 Å². The van der Waals surface area contributed by atoms with Crippen LogP contribution in [0.5, 0.6) is 0 Å². The van der Waals surface area contributed by atoms with Crippen molar-refractivity contribution >= 4 is 17.3 Å². The maximum absolute atomic E-state index is 11.4. The van der Waals surface area contributed by atoms with Crippen LogP contribution in [0.1, 0.15) is 38.8 Å². The Morgan fingerprint density at radius 2 is 2.05 bits per heavy atom. The molecule has 1 aromatic carbocycles.